The molecule has 3 aromatic rings. The number of aromatic nitrogens is 1. The summed E-state index contributed by atoms with van der Waals surface area (Å²) < 4.78 is 26.6. The van der Waals surface area contributed by atoms with Gasteiger partial charge in [0.05, 0.1) is 19.2 Å². The topological polar surface area (TPSA) is 71.9 Å². The van der Waals surface area contributed by atoms with Crippen LogP contribution in [0.5, 0.6) is 11.6 Å². The molecule has 6 nitrogen and oxygen atoms in total. The van der Waals surface area contributed by atoms with Gasteiger partial charge in [-0.05, 0) is 66.2 Å². The molecule has 1 saturated carbocycles. The van der Waals surface area contributed by atoms with Crippen LogP contribution < -0.4 is 9.47 Å². The highest BCUT2D eigenvalue weighted by molar-refractivity contribution is 5.70. The van der Waals surface area contributed by atoms with Crippen LogP contribution in [0.3, 0.4) is 0 Å². The van der Waals surface area contributed by atoms with Crippen molar-refractivity contribution < 1.29 is 23.8 Å². The van der Waals surface area contributed by atoms with Gasteiger partial charge >= 0.3 is 5.97 Å². The van der Waals surface area contributed by atoms with Gasteiger partial charge in [0, 0.05) is 18.2 Å². The number of aryl methyl sites for hydroxylation is 1. The summed E-state index contributed by atoms with van der Waals surface area (Å²) in [6.07, 6.45) is 7.73. The number of carboxylic acid groups (broad SMARTS) is 1. The van der Waals surface area contributed by atoms with E-state index in [1.54, 1.807) is 13.0 Å². The van der Waals surface area contributed by atoms with Crippen molar-refractivity contribution in [1.29, 1.82) is 0 Å². The zero-order chi connectivity index (χ0) is 28.6. The fourth-order valence-corrected chi connectivity index (χ4v) is 4.85. The number of benzene rings is 2. The first-order valence-electron chi connectivity index (χ1n) is 14.4. The summed E-state index contributed by atoms with van der Waals surface area (Å²) in [5.74, 6) is -0.471. The van der Waals surface area contributed by atoms with Gasteiger partial charge in [-0.25, -0.2) is 9.37 Å². The first-order valence-corrected chi connectivity index (χ1v) is 14.4. The summed E-state index contributed by atoms with van der Waals surface area (Å²) in [5, 5.41) is 9.28. The number of fused-ring (bicyclic) bond motifs is 1. The standard InChI is InChI=1S/C30H35FN2O4.C3H6/c1-5-33(6-2)18-23-15-22(9-11-24(23)25-16-29(36-4)32-17-26(25)31)27-12-10-21-8-7-20(14-28(21)37-27)13-19(3)30(34)35;1-2-3-1/h7-9,11,14-17,19,27H,5-6,10,12-13,18H2,1-4H3,(H,34,35);1-3H2. The van der Waals surface area contributed by atoms with Gasteiger partial charge in [0.25, 0.3) is 0 Å². The molecule has 0 bridgehead atoms. The van der Waals surface area contributed by atoms with Crippen molar-refractivity contribution >= 4 is 5.97 Å². The van der Waals surface area contributed by atoms with Crippen LogP contribution in [0.4, 0.5) is 4.39 Å². The molecule has 5 rings (SSSR count). The Labute approximate surface area is 237 Å². The predicted octanol–water partition coefficient (Wildman–Crippen LogP) is 7.24. The molecule has 7 heteroatoms. The molecule has 2 heterocycles. The Kier molecular flexibility index (Phi) is 10.2. The van der Waals surface area contributed by atoms with Gasteiger partial charge in [0.1, 0.15) is 17.7 Å². The highest BCUT2D eigenvalue weighted by Gasteiger charge is 2.24. The number of methoxy groups -OCH3 is 1. The minimum Gasteiger partial charge on any atom is -0.485 e. The largest absolute Gasteiger partial charge is 0.485 e. The normalized spacial score (nSPS) is 16.3. The highest BCUT2D eigenvalue weighted by atomic mass is 19.1. The lowest BCUT2D eigenvalue weighted by Gasteiger charge is -2.28. The van der Waals surface area contributed by atoms with E-state index in [1.807, 2.05) is 30.3 Å². The smallest absolute Gasteiger partial charge is 0.306 e. The van der Waals surface area contributed by atoms with Crippen LogP contribution in [0.15, 0.2) is 48.7 Å². The zero-order valence-electron chi connectivity index (χ0n) is 24.1. The monoisotopic (exact) mass is 548 g/mol. The Morgan fingerprint density at radius 2 is 1.88 bits per heavy atom. The molecule has 1 aromatic heterocycles. The fraction of sp³-hybridized carbons (Fsp3) is 0.455. The third-order valence-corrected chi connectivity index (χ3v) is 7.51. The van der Waals surface area contributed by atoms with E-state index < -0.39 is 11.9 Å². The van der Waals surface area contributed by atoms with Crippen molar-refractivity contribution in [2.75, 3.05) is 20.2 Å². The van der Waals surface area contributed by atoms with Gasteiger partial charge < -0.3 is 14.6 Å². The Morgan fingerprint density at radius 3 is 2.52 bits per heavy atom. The second-order valence-corrected chi connectivity index (χ2v) is 10.7. The van der Waals surface area contributed by atoms with E-state index in [9.17, 15) is 14.3 Å². The van der Waals surface area contributed by atoms with E-state index in [0.717, 1.165) is 59.5 Å². The Bertz CT molecular complexity index is 1300. The number of pyridine rings is 1. The quantitative estimate of drug-likeness (QED) is 0.288. The first-order chi connectivity index (χ1) is 19.3. The van der Waals surface area contributed by atoms with E-state index in [1.165, 1.54) is 32.6 Å². The molecule has 40 heavy (non-hydrogen) atoms. The molecule has 0 amide bonds. The van der Waals surface area contributed by atoms with Crippen LogP contribution in [0, 0.1) is 11.7 Å². The van der Waals surface area contributed by atoms with Crippen molar-refractivity contribution in [1.82, 2.24) is 9.88 Å². The molecule has 2 atom stereocenters. The van der Waals surface area contributed by atoms with Gasteiger partial charge in [-0.1, -0.05) is 70.4 Å². The molecule has 0 saturated heterocycles. The van der Waals surface area contributed by atoms with Crippen LogP contribution in [0.25, 0.3) is 11.1 Å². The number of carbonyl (C=O) groups is 1. The molecule has 1 N–H and O–H groups in total. The maximum absolute atomic E-state index is 14.9. The van der Waals surface area contributed by atoms with E-state index in [-0.39, 0.29) is 11.9 Å². The lowest BCUT2D eigenvalue weighted by molar-refractivity contribution is -0.141. The number of rotatable bonds is 10. The van der Waals surface area contributed by atoms with Gasteiger partial charge in [-0.15, -0.1) is 0 Å². The Balaban J connectivity index is 0.00000115. The maximum Gasteiger partial charge on any atom is 0.306 e. The van der Waals surface area contributed by atoms with Crippen LogP contribution in [-0.4, -0.2) is 41.2 Å². The van der Waals surface area contributed by atoms with Crippen LogP contribution >= 0.6 is 0 Å². The second kappa shape index (κ2) is 13.8. The molecular weight excluding hydrogens is 507 g/mol. The van der Waals surface area contributed by atoms with E-state index in [0.29, 0.717) is 24.4 Å². The van der Waals surface area contributed by atoms with E-state index >= 15 is 0 Å². The van der Waals surface area contributed by atoms with Crippen molar-refractivity contribution in [2.24, 2.45) is 5.92 Å². The SMILES string of the molecule is C1CC1.CCN(CC)Cc1cc(C2CCc3ccc(CC(C)C(=O)O)cc3O2)ccc1-c1cc(OC)ncc1F. The summed E-state index contributed by atoms with van der Waals surface area (Å²) in [7, 11) is 1.52. The molecule has 214 valence electrons. The molecule has 0 spiro atoms. The predicted molar refractivity (Wildman–Crippen MR) is 155 cm³/mol. The van der Waals surface area contributed by atoms with E-state index in [4.69, 9.17) is 9.47 Å². The highest BCUT2D eigenvalue weighted by Crippen LogP contribution is 2.38. The molecular formula is C33H41FN2O4. The summed E-state index contributed by atoms with van der Waals surface area (Å²) in [4.78, 5) is 17.6. The Hall–Kier alpha value is -3.45. The van der Waals surface area contributed by atoms with Gasteiger partial charge in [0.15, 0.2) is 0 Å². The van der Waals surface area contributed by atoms with Crippen molar-refractivity contribution in [2.45, 2.75) is 71.9 Å². The number of hydrogen-bond acceptors (Lipinski definition) is 5. The summed E-state index contributed by atoms with van der Waals surface area (Å²) in [5.41, 5.74) is 5.43. The van der Waals surface area contributed by atoms with Gasteiger partial charge in [0.2, 0.25) is 5.88 Å². The third kappa shape index (κ3) is 7.60. The minimum absolute atomic E-state index is 0.138. The van der Waals surface area contributed by atoms with Crippen molar-refractivity contribution in [3.05, 3.63) is 76.7 Å². The maximum atomic E-state index is 14.9. The van der Waals surface area contributed by atoms with Crippen LogP contribution in [0.2, 0.25) is 0 Å². The number of nitrogens with zero attached hydrogens (tertiary/aromatic N) is 2. The average molecular weight is 549 g/mol. The van der Waals surface area contributed by atoms with Gasteiger partial charge in [-0.2, -0.15) is 0 Å². The number of carboxylic acids is 1. The summed E-state index contributed by atoms with van der Waals surface area (Å²) in [6.45, 7) is 8.40. The fourth-order valence-electron chi connectivity index (χ4n) is 4.85. The number of ether oxygens (including phenoxy) is 2. The van der Waals surface area contributed by atoms with Crippen molar-refractivity contribution in [3.63, 3.8) is 0 Å². The number of aliphatic carboxylic acids is 1. The zero-order valence-corrected chi connectivity index (χ0v) is 24.1. The lowest BCUT2D eigenvalue weighted by atomic mass is 9.91. The number of halogens is 1. The molecule has 1 aliphatic heterocycles. The molecule has 1 fully saturated rings. The third-order valence-electron chi connectivity index (χ3n) is 7.51. The van der Waals surface area contributed by atoms with E-state index in [2.05, 4.69) is 29.8 Å². The van der Waals surface area contributed by atoms with Gasteiger partial charge in [-0.3, -0.25) is 9.69 Å². The van der Waals surface area contributed by atoms with Crippen LogP contribution in [-0.2, 0) is 24.2 Å². The summed E-state index contributed by atoms with van der Waals surface area (Å²) >= 11 is 0. The Morgan fingerprint density at radius 1 is 1.12 bits per heavy atom. The molecule has 0 radical (unpaired) electrons. The molecule has 2 aromatic carbocycles. The molecule has 2 unspecified atom stereocenters. The lowest BCUT2D eigenvalue weighted by Crippen LogP contribution is -2.23. The minimum atomic E-state index is -0.805. The number of hydrogen-bond donors (Lipinski definition) is 1. The summed E-state index contributed by atoms with van der Waals surface area (Å²) in [6, 6.07) is 13.8. The molecule has 2 aliphatic rings. The first kappa shape index (κ1) is 29.5. The second-order valence-electron chi connectivity index (χ2n) is 10.7. The van der Waals surface area contributed by atoms with Crippen LogP contribution in [0.1, 0.15) is 74.8 Å². The van der Waals surface area contributed by atoms with Crippen molar-refractivity contribution in [3.8, 4) is 22.8 Å². The molecule has 1 aliphatic carbocycles. The average Bonchev–Trinajstić information content (AvgIpc) is 3.86.